The van der Waals surface area contributed by atoms with Gasteiger partial charge in [-0.15, -0.1) is 12.4 Å². The van der Waals surface area contributed by atoms with Gasteiger partial charge in [0.2, 0.25) is 0 Å². The van der Waals surface area contributed by atoms with Gasteiger partial charge in [0.25, 0.3) is 0 Å². The lowest BCUT2D eigenvalue weighted by molar-refractivity contribution is -0.138. The van der Waals surface area contributed by atoms with Crippen molar-refractivity contribution in [2.24, 2.45) is 0 Å². The van der Waals surface area contributed by atoms with Crippen molar-refractivity contribution < 1.29 is 31.5 Å². The molecule has 0 spiro atoms. The quantitative estimate of drug-likeness (QED) is 0.770. The van der Waals surface area contributed by atoms with Crippen LogP contribution in [0, 0.1) is 0 Å². The topological polar surface area (TPSA) is 38.3 Å². The highest BCUT2D eigenvalue weighted by atomic mass is 35.5. The summed E-state index contributed by atoms with van der Waals surface area (Å²) in [4.78, 5) is 11.0. The van der Waals surface area contributed by atoms with Crippen LogP contribution in [0.2, 0.25) is 5.02 Å². The fraction of sp³-hybridized carbons (Fsp3) is 0.364. The smallest absolute Gasteiger partial charge is 0.416 e. The number of alkyl carbamates (subject to hydrolysis) is 1. The molecule has 118 valence electrons. The van der Waals surface area contributed by atoms with E-state index in [9.17, 15) is 26.7 Å². The zero-order valence-electron chi connectivity index (χ0n) is 10.0. The minimum atomic E-state index is -4.73. The maximum Gasteiger partial charge on any atom is 0.416 e. The molecule has 1 aliphatic heterocycles. The molecule has 3 nitrogen and oxygen atoms in total. The Balaban J connectivity index is 0.00000220. The third-order valence-corrected chi connectivity index (χ3v) is 2.88. The van der Waals surface area contributed by atoms with Crippen LogP contribution in [-0.4, -0.2) is 18.6 Å². The SMILES string of the molecule is Cl.O=C1N[C@H](c2cc(Cl)cc(C(F)(F)F)c2)C(F)(F)CO1. The lowest BCUT2D eigenvalue weighted by atomic mass is 9.98. The van der Waals surface area contributed by atoms with Crippen LogP contribution in [0.4, 0.5) is 26.7 Å². The molecule has 1 fully saturated rings. The summed E-state index contributed by atoms with van der Waals surface area (Å²) in [6, 6.07) is 0.157. The molecule has 1 heterocycles. The van der Waals surface area contributed by atoms with Gasteiger partial charge in [0.05, 0.1) is 5.56 Å². The number of amides is 1. The fourth-order valence-electron chi connectivity index (χ4n) is 1.78. The number of carbonyl (C=O) groups is 1. The molecule has 1 saturated heterocycles. The number of hydrogen-bond acceptors (Lipinski definition) is 2. The van der Waals surface area contributed by atoms with E-state index in [0.717, 1.165) is 6.07 Å². The van der Waals surface area contributed by atoms with Gasteiger partial charge in [-0.1, -0.05) is 11.6 Å². The van der Waals surface area contributed by atoms with E-state index in [1.165, 1.54) is 0 Å². The minimum absolute atomic E-state index is 0. The van der Waals surface area contributed by atoms with Gasteiger partial charge in [0, 0.05) is 5.02 Å². The van der Waals surface area contributed by atoms with Crippen molar-refractivity contribution in [3.8, 4) is 0 Å². The summed E-state index contributed by atoms with van der Waals surface area (Å²) in [6.45, 7) is -1.21. The van der Waals surface area contributed by atoms with Gasteiger partial charge in [-0.3, -0.25) is 0 Å². The molecule has 0 aromatic heterocycles. The predicted octanol–water partition coefficient (Wildman–Crippen LogP) is 4.20. The standard InChI is InChI=1S/C11H7ClF5NO2.ClH/c12-7-2-5(1-6(3-7)11(15,16)17)8-10(13,14)4-20-9(19)18-8;/h1-3,8H,4H2,(H,18,19);1H/t8-;/m1./s1. The molecule has 2 rings (SSSR count). The Morgan fingerprint density at radius 1 is 1.29 bits per heavy atom. The number of alkyl halides is 5. The molecule has 1 aliphatic rings. The molecule has 1 atom stereocenters. The maximum atomic E-state index is 13.6. The van der Waals surface area contributed by atoms with E-state index in [4.69, 9.17) is 11.6 Å². The maximum absolute atomic E-state index is 13.6. The molecule has 21 heavy (non-hydrogen) atoms. The molecule has 1 amide bonds. The predicted molar refractivity (Wildman–Crippen MR) is 65.9 cm³/mol. The average molecular weight is 352 g/mol. The highest BCUT2D eigenvalue weighted by molar-refractivity contribution is 6.30. The highest BCUT2D eigenvalue weighted by Crippen LogP contribution is 2.38. The number of halogens is 7. The first-order valence-corrected chi connectivity index (χ1v) is 5.66. The molecule has 0 saturated carbocycles. The number of benzene rings is 1. The monoisotopic (exact) mass is 351 g/mol. The summed E-state index contributed by atoms with van der Waals surface area (Å²) in [7, 11) is 0. The summed E-state index contributed by atoms with van der Waals surface area (Å²) in [5.41, 5.74) is -1.61. The minimum Gasteiger partial charge on any atom is -0.443 e. The third-order valence-electron chi connectivity index (χ3n) is 2.66. The van der Waals surface area contributed by atoms with Gasteiger partial charge in [-0.2, -0.15) is 13.2 Å². The van der Waals surface area contributed by atoms with Crippen LogP contribution < -0.4 is 5.32 Å². The average Bonchev–Trinajstić information content (AvgIpc) is 2.30. The molecule has 0 radical (unpaired) electrons. The fourth-order valence-corrected chi connectivity index (χ4v) is 2.02. The van der Waals surface area contributed by atoms with Gasteiger partial charge >= 0.3 is 18.2 Å². The lowest BCUT2D eigenvalue weighted by Gasteiger charge is -2.32. The number of rotatable bonds is 1. The van der Waals surface area contributed by atoms with Crippen molar-refractivity contribution in [3.63, 3.8) is 0 Å². The van der Waals surface area contributed by atoms with Crippen LogP contribution in [-0.2, 0) is 10.9 Å². The van der Waals surface area contributed by atoms with Gasteiger partial charge in [-0.25, -0.2) is 13.6 Å². The lowest BCUT2D eigenvalue weighted by Crippen LogP contribution is -2.49. The molecule has 10 heteroatoms. The van der Waals surface area contributed by atoms with Crippen LogP contribution in [0.3, 0.4) is 0 Å². The second-order valence-corrected chi connectivity index (χ2v) is 4.62. The van der Waals surface area contributed by atoms with Crippen LogP contribution in [0.15, 0.2) is 18.2 Å². The summed E-state index contributed by atoms with van der Waals surface area (Å²) in [6.07, 6.45) is -5.86. The van der Waals surface area contributed by atoms with Crippen LogP contribution in [0.1, 0.15) is 17.2 Å². The molecular weight excluding hydrogens is 344 g/mol. The van der Waals surface area contributed by atoms with Gasteiger partial charge in [0.1, 0.15) is 6.04 Å². The summed E-state index contributed by atoms with van der Waals surface area (Å²) in [5.74, 6) is -3.54. The van der Waals surface area contributed by atoms with E-state index >= 15 is 0 Å². The van der Waals surface area contributed by atoms with Crippen molar-refractivity contribution >= 4 is 30.1 Å². The van der Waals surface area contributed by atoms with E-state index in [2.05, 4.69) is 4.74 Å². The van der Waals surface area contributed by atoms with Crippen LogP contribution >= 0.6 is 24.0 Å². The Labute approximate surface area is 126 Å². The normalized spacial score (nSPS) is 21.0. The first-order chi connectivity index (χ1) is 9.09. The van der Waals surface area contributed by atoms with Crippen molar-refractivity contribution in [1.82, 2.24) is 5.32 Å². The van der Waals surface area contributed by atoms with Crippen molar-refractivity contribution in [3.05, 3.63) is 34.3 Å². The number of nitrogens with one attached hydrogen (secondary N) is 1. The van der Waals surface area contributed by atoms with Crippen molar-refractivity contribution in [2.45, 2.75) is 18.1 Å². The van der Waals surface area contributed by atoms with Gasteiger partial charge < -0.3 is 10.1 Å². The molecule has 1 N–H and O–H groups in total. The number of ether oxygens (including phenoxy) is 1. The second kappa shape index (κ2) is 5.84. The van der Waals surface area contributed by atoms with Crippen LogP contribution in [0.25, 0.3) is 0 Å². The van der Waals surface area contributed by atoms with E-state index in [1.807, 2.05) is 0 Å². The molecule has 1 aromatic rings. The molecule has 1 aromatic carbocycles. The zero-order chi connectivity index (χ0) is 15.1. The first-order valence-electron chi connectivity index (χ1n) is 5.28. The number of carbonyl (C=O) groups excluding carboxylic acids is 1. The molecule has 0 bridgehead atoms. The van der Waals surface area contributed by atoms with Gasteiger partial charge in [-0.05, 0) is 23.8 Å². The number of cyclic esters (lactones) is 1. The Kier molecular flexibility index (Phi) is 4.94. The third kappa shape index (κ3) is 3.88. The Morgan fingerprint density at radius 2 is 1.90 bits per heavy atom. The molecule has 0 aliphatic carbocycles. The Bertz CT molecular complexity index is 550. The Morgan fingerprint density at radius 3 is 2.48 bits per heavy atom. The van der Waals surface area contributed by atoms with Crippen LogP contribution in [0.5, 0.6) is 0 Å². The zero-order valence-corrected chi connectivity index (χ0v) is 11.6. The summed E-state index contributed by atoms with van der Waals surface area (Å²) < 4.78 is 69.2. The first kappa shape index (κ1) is 17.8. The summed E-state index contributed by atoms with van der Waals surface area (Å²) >= 11 is 5.52. The molecule has 0 unspecified atom stereocenters. The highest BCUT2D eigenvalue weighted by Gasteiger charge is 2.47. The van der Waals surface area contributed by atoms with E-state index in [0.29, 0.717) is 12.1 Å². The Hall–Kier alpha value is -1.28. The largest absolute Gasteiger partial charge is 0.443 e. The number of hydrogen-bond donors (Lipinski definition) is 1. The second-order valence-electron chi connectivity index (χ2n) is 4.19. The van der Waals surface area contributed by atoms with Crippen molar-refractivity contribution in [1.29, 1.82) is 0 Å². The van der Waals surface area contributed by atoms with Gasteiger partial charge in [0.15, 0.2) is 6.61 Å². The molecular formula is C11H8Cl2F5NO2. The summed E-state index contributed by atoms with van der Waals surface area (Å²) in [5, 5.41) is 1.44. The van der Waals surface area contributed by atoms with E-state index < -0.39 is 42.0 Å². The van der Waals surface area contributed by atoms with E-state index in [-0.39, 0.29) is 17.4 Å². The van der Waals surface area contributed by atoms with Crippen molar-refractivity contribution in [2.75, 3.05) is 6.61 Å². The van der Waals surface area contributed by atoms with E-state index in [1.54, 1.807) is 5.32 Å².